The van der Waals surface area contributed by atoms with Gasteiger partial charge in [-0.2, -0.15) is 0 Å². The average Bonchev–Trinajstić information content (AvgIpc) is 2.64. The maximum atomic E-state index is 13.5. The van der Waals surface area contributed by atoms with Crippen LogP contribution in [0.3, 0.4) is 0 Å². The molecule has 138 valence electrons. The molecule has 0 unspecified atom stereocenters. The Bertz CT molecular complexity index is 764. The number of carbonyl (C=O) groups excluding carboxylic acids is 2. The maximum absolute atomic E-state index is 13.5. The zero-order valence-corrected chi connectivity index (χ0v) is 15.1. The van der Waals surface area contributed by atoms with E-state index in [1.54, 1.807) is 6.07 Å². The molecule has 0 aliphatic rings. The summed E-state index contributed by atoms with van der Waals surface area (Å²) in [6.45, 7) is 5.86. The van der Waals surface area contributed by atoms with Gasteiger partial charge in [-0.05, 0) is 37.6 Å². The highest BCUT2D eigenvalue weighted by Gasteiger charge is 2.12. The lowest BCUT2D eigenvalue weighted by Crippen LogP contribution is -2.40. The number of rotatable bonds is 8. The van der Waals surface area contributed by atoms with Crippen LogP contribution in [-0.4, -0.2) is 38.0 Å². The molecule has 0 heterocycles. The molecular weight excluding hydrogens is 333 g/mol. The Morgan fingerprint density at radius 1 is 1.04 bits per heavy atom. The van der Waals surface area contributed by atoms with Crippen LogP contribution in [0.1, 0.15) is 22.8 Å². The van der Waals surface area contributed by atoms with Crippen molar-refractivity contribution in [2.75, 3.05) is 31.1 Å². The molecule has 0 saturated carbocycles. The molecule has 2 rings (SSSR count). The molecule has 0 radical (unpaired) electrons. The fourth-order valence-electron chi connectivity index (χ4n) is 2.66. The molecule has 0 aliphatic carbocycles. The van der Waals surface area contributed by atoms with E-state index < -0.39 is 11.7 Å². The SMILES string of the molecule is CCN(CCNC(=O)CNC(=O)c1ccccc1F)c1ccccc1C. The van der Waals surface area contributed by atoms with E-state index in [-0.39, 0.29) is 18.0 Å². The van der Waals surface area contributed by atoms with Crippen LogP contribution >= 0.6 is 0 Å². The minimum atomic E-state index is -0.609. The first-order valence-electron chi connectivity index (χ1n) is 8.63. The molecule has 0 aliphatic heterocycles. The van der Waals surface area contributed by atoms with E-state index in [0.717, 1.165) is 12.2 Å². The van der Waals surface area contributed by atoms with E-state index in [9.17, 15) is 14.0 Å². The van der Waals surface area contributed by atoms with Crippen molar-refractivity contribution >= 4 is 17.5 Å². The summed E-state index contributed by atoms with van der Waals surface area (Å²) in [6, 6.07) is 13.7. The summed E-state index contributed by atoms with van der Waals surface area (Å²) < 4.78 is 13.5. The number of halogens is 1. The molecule has 2 aromatic carbocycles. The third kappa shape index (κ3) is 5.31. The lowest BCUT2D eigenvalue weighted by atomic mass is 10.2. The summed E-state index contributed by atoms with van der Waals surface area (Å²) in [5, 5.41) is 5.20. The first-order valence-corrected chi connectivity index (χ1v) is 8.63. The Morgan fingerprint density at radius 3 is 2.42 bits per heavy atom. The predicted octanol–water partition coefficient (Wildman–Crippen LogP) is 2.51. The van der Waals surface area contributed by atoms with Crippen LogP contribution in [0.2, 0.25) is 0 Å². The van der Waals surface area contributed by atoms with Gasteiger partial charge < -0.3 is 15.5 Å². The van der Waals surface area contributed by atoms with Crippen molar-refractivity contribution in [1.29, 1.82) is 0 Å². The largest absolute Gasteiger partial charge is 0.370 e. The topological polar surface area (TPSA) is 61.4 Å². The van der Waals surface area contributed by atoms with E-state index >= 15 is 0 Å². The number of para-hydroxylation sites is 1. The first kappa shape index (κ1) is 19.4. The van der Waals surface area contributed by atoms with Crippen LogP contribution in [-0.2, 0) is 4.79 Å². The van der Waals surface area contributed by atoms with Gasteiger partial charge in [-0.15, -0.1) is 0 Å². The van der Waals surface area contributed by atoms with Crippen LogP contribution in [0.5, 0.6) is 0 Å². The zero-order chi connectivity index (χ0) is 18.9. The second-order valence-corrected chi connectivity index (χ2v) is 5.88. The Kier molecular flexibility index (Phi) is 7.14. The summed E-state index contributed by atoms with van der Waals surface area (Å²) in [7, 11) is 0. The van der Waals surface area contributed by atoms with Gasteiger partial charge in [0.05, 0.1) is 12.1 Å². The molecule has 0 spiro atoms. The van der Waals surface area contributed by atoms with Gasteiger partial charge in [-0.25, -0.2) is 4.39 Å². The summed E-state index contributed by atoms with van der Waals surface area (Å²) in [6.07, 6.45) is 0. The van der Waals surface area contributed by atoms with E-state index in [1.807, 2.05) is 12.1 Å². The Morgan fingerprint density at radius 2 is 1.73 bits per heavy atom. The number of nitrogens with one attached hydrogen (secondary N) is 2. The highest BCUT2D eigenvalue weighted by molar-refractivity contribution is 5.96. The first-order chi connectivity index (χ1) is 12.5. The van der Waals surface area contributed by atoms with Gasteiger partial charge >= 0.3 is 0 Å². The lowest BCUT2D eigenvalue weighted by Gasteiger charge is -2.25. The number of benzene rings is 2. The molecule has 2 aromatic rings. The number of hydrogen-bond acceptors (Lipinski definition) is 3. The molecular formula is C20H24FN3O2. The monoisotopic (exact) mass is 357 g/mol. The fraction of sp³-hybridized carbons (Fsp3) is 0.300. The van der Waals surface area contributed by atoms with Gasteiger partial charge in [-0.3, -0.25) is 9.59 Å². The number of nitrogens with zero attached hydrogens (tertiary/aromatic N) is 1. The van der Waals surface area contributed by atoms with Crippen LogP contribution in [0.15, 0.2) is 48.5 Å². The molecule has 2 amide bonds. The third-order valence-electron chi connectivity index (χ3n) is 4.07. The smallest absolute Gasteiger partial charge is 0.254 e. The molecule has 0 fully saturated rings. The second-order valence-electron chi connectivity index (χ2n) is 5.88. The van der Waals surface area contributed by atoms with Crippen molar-refractivity contribution in [2.45, 2.75) is 13.8 Å². The Balaban J connectivity index is 1.77. The lowest BCUT2D eigenvalue weighted by molar-refractivity contribution is -0.120. The predicted molar refractivity (Wildman–Crippen MR) is 101 cm³/mol. The third-order valence-corrected chi connectivity index (χ3v) is 4.07. The highest BCUT2D eigenvalue weighted by Crippen LogP contribution is 2.18. The maximum Gasteiger partial charge on any atom is 0.254 e. The Hall–Kier alpha value is -2.89. The Labute approximate surface area is 153 Å². The number of amides is 2. The van der Waals surface area contributed by atoms with Crippen molar-refractivity contribution in [3.8, 4) is 0 Å². The van der Waals surface area contributed by atoms with Crippen molar-refractivity contribution < 1.29 is 14.0 Å². The minimum absolute atomic E-state index is 0.0722. The second kappa shape index (κ2) is 9.56. The van der Waals surface area contributed by atoms with Crippen molar-refractivity contribution in [3.05, 3.63) is 65.5 Å². The number of carbonyl (C=O) groups is 2. The average molecular weight is 357 g/mol. The van der Waals surface area contributed by atoms with E-state index in [1.165, 1.54) is 23.8 Å². The standard InChI is InChI=1S/C20H24FN3O2/c1-3-24(18-11-7-4-8-15(18)2)13-12-22-19(25)14-23-20(26)16-9-5-6-10-17(16)21/h4-11H,3,12-14H2,1-2H3,(H,22,25)(H,23,26). The van der Waals surface area contributed by atoms with Gasteiger partial charge in [0.2, 0.25) is 5.91 Å². The summed E-state index contributed by atoms with van der Waals surface area (Å²) >= 11 is 0. The highest BCUT2D eigenvalue weighted by atomic mass is 19.1. The number of anilines is 1. The number of likely N-dealkylation sites (N-methyl/N-ethyl adjacent to an activating group) is 1. The van der Waals surface area contributed by atoms with E-state index in [0.29, 0.717) is 13.1 Å². The molecule has 26 heavy (non-hydrogen) atoms. The van der Waals surface area contributed by atoms with Gasteiger partial charge in [0.15, 0.2) is 0 Å². The van der Waals surface area contributed by atoms with Gasteiger partial charge in [0.25, 0.3) is 5.91 Å². The molecule has 0 bridgehead atoms. The minimum Gasteiger partial charge on any atom is -0.370 e. The molecule has 2 N–H and O–H groups in total. The zero-order valence-electron chi connectivity index (χ0n) is 15.1. The molecule has 0 aromatic heterocycles. The number of aryl methyl sites for hydroxylation is 1. The van der Waals surface area contributed by atoms with Crippen LogP contribution in [0.25, 0.3) is 0 Å². The van der Waals surface area contributed by atoms with Crippen molar-refractivity contribution in [1.82, 2.24) is 10.6 Å². The molecule has 0 saturated heterocycles. The quantitative estimate of drug-likeness (QED) is 0.763. The summed E-state index contributed by atoms with van der Waals surface area (Å²) in [5.41, 5.74) is 2.24. The normalized spacial score (nSPS) is 10.3. The fourth-order valence-corrected chi connectivity index (χ4v) is 2.66. The van der Waals surface area contributed by atoms with Crippen LogP contribution in [0, 0.1) is 12.7 Å². The van der Waals surface area contributed by atoms with Gasteiger partial charge in [-0.1, -0.05) is 30.3 Å². The molecule has 0 atom stereocenters. The van der Waals surface area contributed by atoms with Gasteiger partial charge in [0, 0.05) is 25.3 Å². The summed E-state index contributed by atoms with van der Waals surface area (Å²) in [4.78, 5) is 26.0. The van der Waals surface area contributed by atoms with E-state index in [2.05, 4.69) is 41.5 Å². The van der Waals surface area contributed by atoms with Gasteiger partial charge in [0.1, 0.15) is 5.82 Å². The molecule has 6 heteroatoms. The van der Waals surface area contributed by atoms with Crippen molar-refractivity contribution in [2.24, 2.45) is 0 Å². The number of hydrogen-bond donors (Lipinski definition) is 2. The van der Waals surface area contributed by atoms with Crippen molar-refractivity contribution in [3.63, 3.8) is 0 Å². The summed E-state index contributed by atoms with van der Waals surface area (Å²) in [5.74, 6) is -1.52. The van der Waals surface area contributed by atoms with E-state index in [4.69, 9.17) is 0 Å². The van der Waals surface area contributed by atoms with Crippen LogP contribution < -0.4 is 15.5 Å². The van der Waals surface area contributed by atoms with Crippen LogP contribution in [0.4, 0.5) is 10.1 Å². The molecule has 5 nitrogen and oxygen atoms in total.